The van der Waals surface area contributed by atoms with E-state index in [1.807, 2.05) is 23.1 Å². The molecule has 2 aromatic carbocycles. The van der Waals surface area contributed by atoms with Crippen LogP contribution in [0.5, 0.6) is 0 Å². The van der Waals surface area contributed by atoms with E-state index in [4.69, 9.17) is 16.9 Å². The number of nitrogens with one attached hydrogen (secondary N) is 2. The number of pyridine rings is 1. The molecule has 0 saturated carbocycles. The summed E-state index contributed by atoms with van der Waals surface area (Å²) in [5.41, 5.74) is 2.53. The van der Waals surface area contributed by atoms with Gasteiger partial charge in [0.15, 0.2) is 0 Å². The molecule has 1 atom stereocenters. The van der Waals surface area contributed by atoms with Crippen LogP contribution in [0.2, 0.25) is 5.02 Å². The van der Waals surface area contributed by atoms with Crippen LogP contribution >= 0.6 is 11.6 Å². The van der Waals surface area contributed by atoms with Gasteiger partial charge >= 0.3 is 0 Å². The molecular weight excluding hydrogens is 402 g/mol. The van der Waals surface area contributed by atoms with Crippen molar-refractivity contribution < 1.29 is 9.90 Å². The van der Waals surface area contributed by atoms with Crippen molar-refractivity contribution in [3.05, 3.63) is 59.1 Å². The third-order valence-electron chi connectivity index (χ3n) is 5.02. The highest BCUT2D eigenvalue weighted by atomic mass is 35.5. The highest BCUT2D eigenvalue weighted by Gasteiger charge is 2.22. The summed E-state index contributed by atoms with van der Waals surface area (Å²) in [6, 6.07) is 16.2. The van der Waals surface area contributed by atoms with Crippen molar-refractivity contribution in [1.82, 2.24) is 4.98 Å². The van der Waals surface area contributed by atoms with E-state index in [-0.39, 0.29) is 18.6 Å². The summed E-state index contributed by atoms with van der Waals surface area (Å²) < 4.78 is 0. The minimum atomic E-state index is -0.328. The second-order valence-electron chi connectivity index (χ2n) is 7.14. The zero-order valence-corrected chi connectivity index (χ0v) is 16.9. The van der Waals surface area contributed by atoms with E-state index in [1.54, 1.807) is 30.3 Å². The number of hydrogen-bond donors (Lipinski definition) is 3. The second kappa shape index (κ2) is 8.57. The van der Waals surface area contributed by atoms with Crippen molar-refractivity contribution in [1.29, 1.82) is 5.26 Å². The van der Waals surface area contributed by atoms with Gasteiger partial charge in [-0.25, -0.2) is 4.98 Å². The van der Waals surface area contributed by atoms with Crippen LogP contribution in [-0.2, 0) is 4.79 Å². The van der Waals surface area contributed by atoms with Gasteiger partial charge in [0.05, 0.1) is 40.5 Å². The summed E-state index contributed by atoms with van der Waals surface area (Å²) in [6.07, 6.45) is 0.402. The van der Waals surface area contributed by atoms with Gasteiger partial charge < -0.3 is 20.6 Å². The number of aromatic nitrogens is 1. The van der Waals surface area contributed by atoms with Crippen LogP contribution in [0.15, 0.2) is 48.5 Å². The van der Waals surface area contributed by atoms with Crippen LogP contribution < -0.4 is 15.5 Å². The first-order valence-electron chi connectivity index (χ1n) is 9.59. The number of aliphatic hydroxyl groups excluding tert-OH is 1. The quantitative estimate of drug-likeness (QED) is 0.583. The molecule has 3 N–H and O–H groups in total. The van der Waals surface area contributed by atoms with Gasteiger partial charge in [0.2, 0.25) is 5.91 Å². The van der Waals surface area contributed by atoms with E-state index >= 15 is 0 Å². The number of aliphatic hydroxyl groups is 1. The Balaban J connectivity index is 1.49. The van der Waals surface area contributed by atoms with Crippen molar-refractivity contribution in [3.63, 3.8) is 0 Å². The van der Waals surface area contributed by atoms with Gasteiger partial charge in [0.1, 0.15) is 5.82 Å². The number of anilines is 3. The molecule has 0 spiro atoms. The molecule has 1 unspecified atom stereocenters. The van der Waals surface area contributed by atoms with Gasteiger partial charge in [-0.15, -0.1) is 0 Å². The van der Waals surface area contributed by atoms with Crippen LogP contribution in [0.25, 0.3) is 10.9 Å². The number of amides is 1. The van der Waals surface area contributed by atoms with Crippen molar-refractivity contribution >= 4 is 45.6 Å². The first-order chi connectivity index (χ1) is 14.5. The number of carbonyl (C=O) groups excluding carboxylic acids is 1. The molecule has 1 aliphatic rings. The van der Waals surface area contributed by atoms with E-state index in [1.165, 1.54) is 0 Å². The van der Waals surface area contributed by atoms with Crippen molar-refractivity contribution in [2.75, 3.05) is 35.2 Å². The monoisotopic (exact) mass is 421 g/mol. The number of benzene rings is 2. The van der Waals surface area contributed by atoms with Crippen LogP contribution in [0.3, 0.4) is 0 Å². The Bertz CT molecular complexity index is 1130. The van der Waals surface area contributed by atoms with Gasteiger partial charge in [-0.05, 0) is 55.0 Å². The summed E-state index contributed by atoms with van der Waals surface area (Å²) in [5.74, 6) is 0.543. The predicted octanol–water partition coefficient (Wildman–Crippen LogP) is 3.38. The number of hydrogen-bond acceptors (Lipinski definition) is 6. The van der Waals surface area contributed by atoms with Crippen molar-refractivity contribution in [2.24, 2.45) is 0 Å². The molecule has 1 fully saturated rings. The molecule has 1 aromatic heterocycles. The number of nitrogens with zero attached hydrogens (tertiary/aromatic N) is 3. The number of carbonyl (C=O) groups is 1. The smallest absolute Gasteiger partial charge is 0.243 e. The number of nitriles is 1. The van der Waals surface area contributed by atoms with Gasteiger partial charge in [0, 0.05) is 24.2 Å². The molecule has 4 rings (SSSR count). The molecule has 1 saturated heterocycles. The molecular formula is C22H20ClN5O2. The predicted molar refractivity (Wildman–Crippen MR) is 118 cm³/mol. The fourth-order valence-corrected chi connectivity index (χ4v) is 3.66. The molecule has 1 aliphatic heterocycles. The molecule has 2 heterocycles. The van der Waals surface area contributed by atoms with Crippen molar-refractivity contribution in [2.45, 2.75) is 12.5 Å². The maximum Gasteiger partial charge on any atom is 0.243 e. The first-order valence-corrected chi connectivity index (χ1v) is 9.97. The average molecular weight is 422 g/mol. The number of rotatable bonds is 5. The zero-order chi connectivity index (χ0) is 21.1. The molecule has 0 radical (unpaired) electrons. The summed E-state index contributed by atoms with van der Waals surface area (Å²) in [6.45, 7) is 1.38. The lowest BCUT2D eigenvalue weighted by Crippen LogP contribution is -2.23. The Morgan fingerprint density at radius 2 is 2.03 bits per heavy atom. The van der Waals surface area contributed by atoms with Crippen LogP contribution in [0.4, 0.5) is 17.2 Å². The third-order valence-corrected chi connectivity index (χ3v) is 5.34. The third kappa shape index (κ3) is 4.30. The molecule has 3 aromatic rings. The standard InChI is InChI=1S/C22H20ClN5O2/c23-18-6-7-19-17(5-8-20(26-19)28-10-9-16(29)13-28)22(18)27-21(30)12-25-15-3-1-14(11-24)2-4-15/h1-8,16,25,29H,9-10,12-13H2,(H,27,30). The highest BCUT2D eigenvalue weighted by Crippen LogP contribution is 2.32. The summed E-state index contributed by atoms with van der Waals surface area (Å²) in [4.78, 5) is 19.2. The van der Waals surface area contributed by atoms with Crippen LogP contribution in [0, 0.1) is 11.3 Å². The van der Waals surface area contributed by atoms with Gasteiger partial charge in [0.25, 0.3) is 0 Å². The van der Waals surface area contributed by atoms with Crippen LogP contribution in [0.1, 0.15) is 12.0 Å². The number of halogens is 1. The molecule has 0 bridgehead atoms. The Labute approximate surface area is 178 Å². The normalized spacial score (nSPS) is 15.8. The first kappa shape index (κ1) is 20.0. The molecule has 7 nitrogen and oxygen atoms in total. The largest absolute Gasteiger partial charge is 0.391 e. The highest BCUT2D eigenvalue weighted by molar-refractivity contribution is 6.35. The minimum Gasteiger partial charge on any atom is -0.391 e. The lowest BCUT2D eigenvalue weighted by atomic mass is 10.1. The number of β-amino-alcohol motifs (C(OH)–C–C–N with tert-alkyl or cyclic N) is 1. The van der Waals surface area contributed by atoms with E-state index in [0.717, 1.165) is 29.9 Å². The fourth-order valence-electron chi connectivity index (χ4n) is 3.45. The lowest BCUT2D eigenvalue weighted by molar-refractivity contribution is -0.114. The summed E-state index contributed by atoms with van der Waals surface area (Å²) in [7, 11) is 0. The molecule has 8 heteroatoms. The van der Waals surface area contributed by atoms with E-state index in [0.29, 0.717) is 28.3 Å². The Kier molecular flexibility index (Phi) is 5.70. The fraction of sp³-hybridized carbons (Fsp3) is 0.227. The molecule has 152 valence electrons. The Morgan fingerprint density at radius 1 is 1.23 bits per heavy atom. The van der Waals surface area contributed by atoms with Gasteiger partial charge in [-0.1, -0.05) is 11.6 Å². The van der Waals surface area contributed by atoms with E-state index in [9.17, 15) is 9.90 Å². The SMILES string of the molecule is N#Cc1ccc(NCC(=O)Nc2c(Cl)ccc3nc(N4CCC(O)C4)ccc23)cc1. The molecule has 30 heavy (non-hydrogen) atoms. The summed E-state index contributed by atoms with van der Waals surface area (Å²) in [5, 5.41) is 25.7. The zero-order valence-electron chi connectivity index (χ0n) is 16.1. The maximum atomic E-state index is 12.5. The molecule has 1 amide bonds. The van der Waals surface area contributed by atoms with Crippen LogP contribution in [-0.4, -0.2) is 41.7 Å². The number of fused-ring (bicyclic) bond motifs is 1. The topological polar surface area (TPSA) is 101 Å². The Hall–Kier alpha value is -3.34. The van der Waals surface area contributed by atoms with Gasteiger partial charge in [-0.2, -0.15) is 5.26 Å². The van der Waals surface area contributed by atoms with E-state index < -0.39 is 0 Å². The minimum absolute atomic E-state index is 0.0514. The average Bonchev–Trinajstić information content (AvgIpc) is 3.20. The van der Waals surface area contributed by atoms with E-state index in [2.05, 4.69) is 21.7 Å². The Morgan fingerprint density at radius 3 is 2.73 bits per heavy atom. The van der Waals surface area contributed by atoms with Gasteiger partial charge in [-0.3, -0.25) is 4.79 Å². The van der Waals surface area contributed by atoms with Crippen molar-refractivity contribution in [3.8, 4) is 6.07 Å². The summed E-state index contributed by atoms with van der Waals surface area (Å²) >= 11 is 6.35. The maximum absolute atomic E-state index is 12.5. The second-order valence-corrected chi connectivity index (χ2v) is 7.55. The molecule has 0 aliphatic carbocycles. The lowest BCUT2D eigenvalue weighted by Gasteiger charge is -2.18.